The lowest BCUT2D eigenvalue weighted by Gasteiger charge is -2.36. The average Bonchev–Trinajstić information content (AvgIpc) is 2.69. The van der Waals surface area contributed by atoms with Crippen LogP contribution in [0.2, 0.25) is 0 Å². The number of carbonyl (C=O) groups excluding carboxylic acids is 1. The topological polar surface area (TPSA) is 69.6 Å². The zero-order chi connectivity index (χ0) is 23.5. The third kappa shape index (κ3) is 5.54. The Morgan fingerprint density at radius 1 is 0.969 bits per heavy atom. The number of aliphatic hydroxyl groups is 1. The fourth-order valence-corrected chi connectivity index (χ4v) is 4.33. The number of halogens is 1. The number of aromatic hydroxyl groups is 1. The van der Waals surface area contributed by atoms with Crippen molar-refractivity contribution in [3.05, 3.63) is 94.8 Å². The lowest BCUT2D eigenvalue weighted by atomic mass is 9.72. The van der Waals surface area contributed by atoms with Crippen molar-refractivity contribution in [1.82, 2.24) is 0 Å². The molecular formula is C27H30FNO3. The van der Waals surface area contributed by atoms with Gasteiger partial charge >= 0.3 is 0 Å². The summed E-state index contributed by atoms with van der Waals surface area (Å²) in [4.78, 5) is 13.4. The maximum absolute atomic E-state index is 13.9. The third-order valence-corrected chi connectivity index (χ3v) is 5.66. The van der Waals surface area contributed by atoms with Crippen molar-refractivity contribution < 1.29 is 19.4 Å². The first-order valence-electron chi connectivity index (χ1n) is 10.6. The fourth-order valence-electron chi connectivity index (χ4n) is 4.33. The van der Waals surface area contributed by atoms with Gasteiger partial charge in [0.15, 0.2) is 0 Å². The smallest absolute Gasteiger partial charge is 0.256 e. The SMILES string of the molecule is Cc1cc(C)cc(NC(=O)C(O)(Cc2ccccc2)CC(C)(C)c2cc(F)ccc2O)c1. The quantitative estimate of drug-likeness (QED) is 0.464. The Hall–Kier alpha value is -3.18. The van der Waals surface area contributed by atoms with E-state index in [9.17, 15) is 19.4 Å². The molecule has 0 aliphatic carbocycles. The molecule has 1 amide bonds. The molecule has 0 spiro atoms. The second-order valence-electron chi connectivity index (χ2n) is 9.25. The summed E-state index contributed by atoms with van der Waals surface area (Å²) in [5, 5.41) is 24.9. The number of phenols is 1. The molecule has 1 atom stereocenters. The number of amides is 1. The first-order chi connectivity index (χ1) is 15.0. The summed E-state index contributed by atoms with van der Waals surface area (Å²) in [5.74, 6) is -1.11. The molecule has 0 radical (unpaired) electrons. The Morgan fingerprint density at radius 2 is 1.59 bits per heavy atom. The molecule has 1 unspecified atom stereocenters. The zero-order valence-electron chi connectivity index (χ0n) is 18.9. The molecule has 0 heterocycles. The van der Waals surface area contributed by atoms with Crippen molar-refractivity contribution in [2.45, 2.75) is 51.6 Å². The highest BCUT2D eigenvalue weighted by Crippen LogP contribution is 2.39. The number of hydrogen-bond donors (Lipinski definition) is 3. The van der Waals surface area contributed by atoms with Gasteiger partial charge in [0.2, 0.25) is 0 Å². The maximum Gasteiger partial charge on any atom is 0.256 e. The molecular weight excluding hydrogens is 405 g/mol. The summed E-state index contributed by atoms with van der Waals surface area (Å²) in [6, 6.07) is 18.7. The molecule has 0 aliphatic heterocycles. The molecule has 3 aromatic carbocycles. The molecule has 3 rings (SSSR count). The molecule has 0 fully saturated rings. The van der Waals surface area contributed by atoms with Crippen LogP contribution in [0.1, 0.15) is 42.5 Å². The number of phenolic OH excluding ortho intramolecular Hbond substituents is 1. The largest absolute Gasteiger partial charge is 0.508 e. The minimum Gasteiger partial charge on any atom is -0.508 e. The highest BCUT2D eigenvalue weighted by Gasteiger charge is 2.43. The summed E-state index contributed by atoms with van der Waals surface area (Å²) in [6.45, 7) is 7.44. The molecule has 0 aromatic heterocycles. The third-order valence-electron chi connectivity index (χ3n) is 5.66. The molecule has 4 nitrogen and oxygen atoms in total. The standard InChI is InChI=1S/C27H30FNO3/c1-18-12-19(2)14-22(13-18)29-25(31)27(32,16-20-8-6-5-7-9-20)17-26(3,4)23-15-21(28)10-11-24(23)30/h5-15,30,32H,16-17H2,1-4H3,(H,29,31). The predicted octanol–water partition coefficient (Wildman–Crippen LogP) is 5.43. The van der Waals surface area contributed by atoms with Crippen LogP contribution in [0.5, 0.6) is 5.75 Å². The summed E-state index contributed by atoms with van der Waals surface area (Å²) in [6.07, 6.45) is 0.0481. The molecule has 0 saturated carbocycles. The van der Waals surface area contributed by atoms with Crippen molar-refractivity contribution in [3.63, 3.8) is 0 Å². The van der Waals surface area contributed by atoms with E-state index in [1.54, 1.807) is 13.8 Å². The van der Waals surface area contributed by atoms with Crippen molar-refractivity contribution >= 4 is 11.6 Å². The highest BCUT2D eigenvalue weighted by molar-refractivity contribution is 5.97. The van der Waals surface area contributed by atoms with Gasteiger partial charge in [-0.2, -0.15) is 0 Å². The van der Waals surface area contributed by atoms with Crippen LogP contribution < -0.4 is 5.32 Å². The van der Waals surface area contributed by atoms with Crippen LogP contribution in [0.3, 0.4) is 0 Å². The molecule has 0 aliphatic rings. The second kappa shape index (κ2) is 9.13. The fraction of sp³-hybridized carbons (Fsp3) is 0.296. The van der Waals surface area contributed by atoms with Gasteiger partial charge < -0.3 is 15.5 Å². The van der Waals surface area contributed by atoms with Crippen LogP contribution in [-0.4, -0.2) is 21.7 Å². The normalized spacial score (nSPS) is 13.4. The number of hydrogen-bond acceptors (Lipinski definition) is 3. The van der Waals surface area contributed by atoms with Crippen LogP contribution in [-0.2, 0) is 16.6 Å². The lowest BCUT2D eigenvalue weighted by molar-refractivity contribution is -0.136. The molecule has 3 aromatic rings. The summed E-state index contributed by atoms with van der Waals surface area (Å²) < 4.78 is 13.9. The predicted molar refractivity (Wildman–Crippen MR) is 125 cm³/mol. The van der Waals surface area contributed by atoms with E-state index < -0.39 is 22.7 Å². The van der Waals surface area contributed by atoms with E-state index in [0.29, 0.717) is 11.3 Å². The van der Waals surface area contributed by atoms with E-state index in [4.69, 9.17) is 0 Å². The summed E-state index contributed by atoms with van der Waals surface area (Å²) >= 11 is 0. The van der Waals surface area contributed by atoms with Crippen molar-refractivity contribution in [1.29, 1.82) is 0 Å². The van der Waals surface area contributed by atoms with Crippen molar-refractivity contribution in [2.24, 2.45) is 0 Å². The van der Waals surface area contributed by atoms with E-state index >= 15 is 0 Å². The van der Waals surface area contributed by atoms with E-state index in [1.807, 2.05) is 62.4 Å². The number of rotatable bonds is 7. The number of nitrogens with one attached hydrogen (secondary N) is 1. The zero-order valence-corrected chi connectivity index (χ0v) is 18.9. The molecule has 5 heteroatoms. The van der Waals surface area contributed by atoms with Gasteiger partial charge in [-0.05, 0) is 72.7 Å². The van der Waals surface area contributed by atoms with Crippen LogP contribution in [0.15, 0.2) is 66.7 Å². The number of benzene rings is 3. The average molecular weight is 436 g/mol. The highest BCUT2D eigenvalue weighted by atomic mass is 19.1. The Kier molecular flexibility index (Phi) is 6.70. The van der Waals surface area contributed by atoms with Gasteiger partial charge in [-0.25, -0.2) is 4.39 Å². The van der Waals surface area contributed by atoms with Gasteiger partial charge in [0.25, 0.3) is 5.91 Å². The molecule has 168 valence electrons. The van der Waals surface area contributed by atoms with Crippen molar-refractivity contribution in [3.8, 4) is 5.75 Å². The van der Waals surface area contributed by atoms with Gasteiger partial charge in [-0.3, -0.25) is 4.79 Å². The monoisotopic (exact) mass is 435 g/mol. The number of aryl methyl sites for hydroxylation is 2. The van der Waals surface area contributed by atoms with E-state index in [2.05, 4.69) is 5.32 Å². The van der Waals surface area contributed by atoms with Crippen LogP contribution >= 0.6 is 0 Å². The van der Waals surface area contributed by atoms with Crippen LogP contribution in [0, 0.1) is 19.7 Å². The molecule has 3 N–H and O–H groups in total. The second-order valence-corrected chi connectivity index (χ2v) is 9.25. The number of carbonyl (C=O) groups is 1. The van der Waals surface area contributed by atoms with E-state index in [0.717, 1.165) is 16.7 Å². The van der Waals surface area contributed by atoms with Gasteiger partial charge in [-0.1, -0.05) is 50.2 Å². The Balaban J connectivity index is 1.98. The van der Waals surface area contributed by atoms with Gasteiger partial charge in [0, 0.05) is 17.7 Å². The maximum atomic E-state index is 13.9. The van der Waals surface area contributed by atoms with E-state index in [1.165, 1.54) is 18.2 Å². The Morgan fingerprint density at radius 3 is 2.22 bits per heavy atom. The van der Waals surface area contributed by atoms with Gasteiger partial charge in [0.05, 0.1) is 0 Å². The number of anilines is 1. The minimum absolute atomic E-state index is 0.0253. The molecule has 0 saturated heterocycles. The van der Waals surface area contributed by atoms with Crippen LogP contribution in [0.4, 0.5) is 10.1 Å². The van der Waals surface area contributed by atoms with Gasteiger partial charge in [-0.15, -0.1) is 0 Å². The molecule has 0 bridgehead atoms. The summed E-state index contributed by atoms with van der Waals surface area (Å²) in [5.41, 5.74) is 1.03. The summed E-state index contributed by atoms with van der Waals surface area (Å²) in [7, 11) is 0. The van der Waals surface area contributed by atoms with Crippen molar-refractivity contribution in [2.75, 3.05) is 5.32 Å². The van der Waals surface area contributed by atoms with E-state index in [-0.39, 0.29) is 18.6 Å². The Bertz CT molecular complexity index is 1090. The Labute approximate surface area is 188 Å². The van der Waals surface area contributed by atoms with Gasteiger partial charge in [0.1, 0.15) is 17.2 Å². The first-order valence-corrected chi connectivity index (χ1v) is 10.6. The molecule has 32 heavy (non-hydrogen) atoms. The van der Waals surface area contributed by atoms with Crippen LogP contribution in [0.25, 0.3) is 0 Å². The minimum atomic E-state index is -1.80. The first kappa shape index (κ1) is 23.5. The lowest BCUT2D eigenvalue weighted by Crippen LogP contribution is -2.49.